The lowest BCUT2D eigenvalue weighted by molar-refractivity contribution is -0.176. The molecule has 0 saturated heterocycles. The van der Waals surface area contributed by atoms with Gasteiger partial charge in [0, 0.05) is 12.2 Å². The van der Waals surface area contributed by atoms with E-state index in [1.54, 1.807) is 24.3 Å². The minimum Gasteiger partial charge on any atom is -0.376 e. The van der Waals surface area contributed by atoms with E-state index in [0.29, 0.717) is 12.1 Å². The van der Waals surface area contributed by atoms with Crippen LogP contribution in [0.1, 0.15) is 11.1 Å². The predicted octanol–water partition coefficient (Wildman–Crippen LogP) is 3.92. The average Bonchev–Trinajstić information content (AvgIpc) is 2.59. The largest absolute Gasteiger partial charge is 0.411 e. The van der Waals surface area contributed by atoms with Crippen LogP contribution in [0.25, 0.3) is 0 Å². The number of carbonyl (C=O) groups excluding carboxylic acids is 1. The summed E-state index contributed by atoms with van der Waals surface area (Å²) >= 11 is 0. The number of para-hydroxylation sites is 1. The summed E-state index contributed by atoms with van der Waals surface area (Å²) in [5.41, 5.74) is 2.36. The van der Waals surface area contributed by atoms with E-state index in [1.165, 1.54) is 0 Å². The van der Waals surface area contributed by atoms with Crippen molar-refractivity contribution >= 4 is 24.0 Å². The molecule has 0 saturated carbocycles. The van der Waals surface area contributed by atoms with Gasteiger partial charge in [0.15, 0.2) is 0 Å². The highest BCUT2D eigenvalue weighted by molar-refractivity contribution is 5.85. The SMILES string of the molecule is Cl.O=C(CNc1ccccc1)NCc1ccc(COCC(F)(F)F)cc1. The number of halogens is 4. The highest BCUT2D eigenvalue weighted by Gasteiger charge is 2.27. The molecule has 8 heteroatoms. The third-order valence-corrected chi connectivity index (χ3v) is 3.27. The maximum Gasteiger partial charge on any atom is 0.411 e. The van der Waals surface area contributed by atoms with Crippen LogP contribution in [0.15, 0.2) is 54.6 Å². The lowest BCUT2D eigenvalue weighted by Crippen LogP contribution is -2.29. The van der Waals surface area contributed by atoms with Gasteiger partial charge >= 0.3 is 6.18 Å². The molecule has 0 aromatic heterocycles. The molecular weight excluding hydrogens is 369 g/mol. The van der Waals surface area contributed by atoms with Gasteiger partial charge in [-0.2, -0.15) is 13.2 Å². The van der Waals surface area contributed by atoms with Crippen LogP contribution in [0, 0.1) is 0 Å². The normalized spacial score (nSPS) is 10.7. The number of amides is 1. The number of anilines is 1. The fourth-order valence-corrected chi connectivity index (χ4v) is 2.04. The molecule has 0 aliphatic heterocycles. The Balaban J connectivity index is 0.00000338. The van der Waals surface area contributed by atoms with Gasteiger partial charge in [-0.05, 0) is 23.3 Å². The summed E-state index contributed by atoms with van der Waals surface area (Å²) < 4.78 is 40.6. The molecule has 2 aromatic rings. The zero-order chi connectivity index (χ0) is 18.1. The van der Waals surface area contributed by atoms with Crippen LogP contribution in [0.5, 0.6) is 0 Å². The molecule has 0 aliphatic carbocycles. The summed E-state index contributed by atoms with van der Waals surface area (Å²) in [6, 6.07) is 16.2. The Morgan fingerprint density at radius 3 is 2.19 bits per heavy atom. The summed E-state index contributed by atoms with van der Waals surface area (Å²) in [7, 11) is 0. The molecular formula is C18H20ClF3N2O2. The Bertz CT molecular complexity index is 664. The molecule has 2 aromatic carbocycles. The molecule has 26 heavy (non-hydrogen) atoms. The summed E-state index contributed by atoms with van der Waals surface area (Å²) in [6.45, 7) is -0.862. The van der Waals surface area contributed by atoms with E-state index in [1.807, 2.05) is 30.3 Å². The number of rotatable bonds is 8. The minimum atomic E-state index is -4.32. The van der Waals surface area contributed by atoms with E-state index in [4.69, 9.17) is 0 Å². The zero-order valence-electron chi connectivity index (χ0n) is 13.9. The number of ether oxygens (including phenoxy) is 1. The standard InChI is InChI=1S/C18H19F3N2O2.ClH/c19-18(20,21)13-25-12-15-8-6-14(7-9-15)10-23-17(24)11-22-16-4-2-1-3-5-16;/h1-9,22H,10-13H2,(H,23,24);1H. The topological polar surface area (TPSA) is 50.4 Å². The van der Waals surface area contributed by atoms with Gasteiger partial charge < -0.3 is 15.4 Å². The van der Waals surface area contributed by atoms with Gasteiger partial charge in [-0.25, -0.2) is 0 Å². The van der Waals surface area contributed by atoms with E-state index in [2.05, 4.69) is 15.4 Å². The smallest absolute Gasteiger partial charge is 0.376 e. The quantitative estimate of drug-likeness (QED) is 0.720. The summed E-state index contributed by atoms with van der Waals surface area (Å²) in [6.07, 6.45) is -4.32. The lowest BCUT2D eigenvalue weighted by atomic mass is 10.1. The molecule has 1 amide bonds. The Hall–Kier alpha value is -2.25. The maximum absolute atomic E-state index is 12.0. The van der Waals surface area contributed by atoms with Crippen molar-refractivity contribution in [2.24, 2.45) is 0 Å². The number of alkyl halides is 3. The first kappa shape index (κ1) is 21.8. The highest BCUT2D eigenvalue weighted by Crippen LogP contribution is 2.15. The second-order valence-electron chi connectivity index (χ2n) is 5.42. The van der Waals surface area contributed by atoms with Gasteiger partial charge in [0.25, 0.3) is 0 Å². The van der Waals surface area contributed by atoms with Crippen molar-refractivity contribution in [2.75, 3.05) is 18.5 Å². The van der Waals surface area contributed by atoms with Gasteiger partial charge in [-0.3, -0.25) is 4.79 Å². The highest BCUT2D eigenvalue weighted by atomic mass is 35.5. The number of hydrogen-bond acceptors (Lipinski definition) is 3. The van der Waals surface area contributed by atoms with Crippen molar-refractivity contribution in [3.05, 3.63) is 65.7 Å². The van der Waals surface area contributed by atoms with Gasteiger partial charge in [-0.15, -0.1) is 12.4 Å². The van der Waals surface area contributed by atoms with Crippen LogP contribution >= 0.6 is 12.4 Å². The second kappa shape index (κ2) is 10.7. The van der Waals surface area contributed by atoms with Crippen molar-refractivity contribution in [3.8, 4) is 0 Å². The molecule has 2 N–H and O–H groups in total. The van der Waals surface area contributed by atoms with Gasteiger partial charge in [-0.1, -0.05) is 42.5 Å². The maximum atomic E-state index is 12.0. The molecule has 0 aliphatic rings. The molecule has 0 heterocycles. The van der Waals surface area contributed by atoms with Crippen LogP contribution in [0.4, 0.5) is 18.9 Å². The Kier molecular flexibility index (Phi) is 8.95. The molecule has 4 nitrogen and oxygen atoms in total. The molecule has 0 radical (unpaired) electrons. The number of hydrogen-bond donors (Lipinski definition) is 2. The fraction of sp³-hybridized carbons (Fsp3) is 0.278. The van der Waals surface area contributed by atoms with Crippen molar-refractivity contribution in [2.45, 2.75) is 19.3 Å². The van der Waals surface area contributed by atoms with Crippen LogP contribution < -0.4 is 10.6 Å². The predicted molar refractivity (Wildman–Crippen MR) is 96.2 cm³/mol. The van der Waals surface area contributed by atoms with Gasteiger partial charge in [0.2, 0.25) is 5.91 Å². The second-order valence-corrected chi connectivity index (χ2v) is 5.42. The first-order chi connectivity index (χ1) is 11.9. The van der Waals surface area contributed by atoms with Crippen LogP contribution in [0.2, 0.25) is 0 Å². The van der Waals surface area contributed by atoms with Crippen molar-refractivity contribution < 1.29 is 22.7 Å². The molecule has 0 spiro atoms. The van der Waals surface area contributed by atoms with E-state index >= 15 is 0 Å². The Morgan fingerprint density at radius 2 is 1.58 bits per heavy atom. The lowest BCUT2D eigenvalue weighted by Gasteiger charge is -2.09. The molecule has 0 fully saturated rings. The molecule has 142 valence electrons. The molecule has 2 rings (SSSR count). The first-order valence-corrected chi connectivity index (χ1v) is 7.70. The fourth-order valence-electron chi connectivity index (χ4n) is 2.04. The Labute approximate surface area is 156 Å². The van der Waals surface area contributed by atoms with E-state index in [0.717, 1.165) is 11.3 Å². The molecule has 0 bridgehead atoms. The van der Waals surface area contributed by atoms with Crippen molar-refractivity contribution in [1.29, 1.82) is 0 Å². The van der Waals surface area contributed by atoms with Crippen molar-refractivity contribution in [1.82, 2.24) is 5.32 Å². The van der Waals surface area contributed by atoms with Crippen LogP contribution in [0.3, 0.4) is 0 Å². The Morgan fingerprint density at radius 1 is 0.962 bits per heavy atom. The van der Waals surface area contributed by atoms with Crippen LogP contribution in [-0.4, -0.2) is 25.2 Å². The van der Waals surface area contributed by atoms with Crippen LogP contribution in [-0.2, 0) is 22.7 Å². The van der Waals surface area contributed by atoms with Gasteiger partial charge in [0.1, 0.15) is 6.61 Å². The molecule has 0 unspecified atom stereocenters. The number of nitrogens with one attached hydrogen (secondary N) is 2. The van der Waals surface area contributed by atoms with E-state index < -0.39 is 12.8 Å². The summed E-state index contributed by atoms with van der Waals surface area (Å²) in [4.78, 5) is 11.8. The van der Waals surface area contributed by atoms with Crippen molar-refractivity contribution in [3.63, 3.8) is 0 Å². The van der Waals surface area contributed by atoms with E-state index in [9.17, 15) is 18.0 Å². The zero-order valence-corrected chi connectivity index (χ0v) is 14.7. The summed E-state index contributed by atoms with van der Waals surface area (Å²) in [5, 5.41) is 5.77. The molecule has 0 atom stereocenters. The third kappa shape index (κ3) is 8.73. The third-order valence-electron chi connectivity index (χ3n) is 3.27. The average molecular weight is 389 g/mol. The number of benzene rings is 2. The first-order valence-electron chi connectivity index (χ1n) is 7.70. The van der Waals surface area contributed by atoms with Gasteiger partial charge in [0.05, 0.1) is 13.2 Å². The van der Waals surface area contributed by atoms with E-state index in [-0.39, 0.29) is 31.5 Å². The minimum absolute atomic E-state index is 0. The number of carbonyl (C=O) groups is 1. The summed E-state index contributed by atoms with van der Waals surface area (Å²) in [5.74, 6) is -0.151. The monoisotopic (exact) mass is 388 g/mol.